The van der Waals surface area contributed by atoms with Crippen molar-refractivity contribution in [3.05, 3.63) is 23.8 Å². The Bertz CT molecular complexity index is 289. The highest BCUT2D eigenvalue weighted by Crippen LogP contribution is 2.26. The molecule has 0 fully saturated rings. The van der Waals surface area contributed by atoms with Gasteiger partial charge in [0.15, 0.2) is 0 Å². The Labute approximate surface area is 76.2 Å². The fourth-order valence-corrected chi connectivity index (χ4v) is 1.09. The van der Waals surface area contributed by atoms with Crippen LogP contribution < -0.4 is 4.74 Å². The summed E-state index contributed by atoms with van der Waals surface area (Å²) in [5.41, 5.74) is 0.115. The summed E-state index contributed by atoms with van der Waals surface area (Å²) in [5, 5.41) is 9.25. The standard InChI is InChI=1S/C9H12FNO2/c1-3-13-7-4-5-11-9(10)8(7)6(2)12/h4-6,12H,3H2,1-2H3. The molecule has 13 heavy (non-hydrogen) atoms. The largest absolute Gasteiger partial charge is 0.493 e. The molecule has 3 nitrogen and oxygen atoms in total. The first-order valence-electron chi connectivity index (χ1n) is 4.12. The van der Waals surface area contributed by atoms with Crippen LogP contribution in [0.15, 0.2) is 12.3 Å². The van der Waals surface area contributed by atoms with Gasteiger partial charge in [-0.3, -0.25) is 0 Å². The minimum atomic E-state index is -0.907. The lowest BCUT2D eigenvalue weighted by atomic mass is 10.1. The molecule has 0 aliphatic heterocycles. The molecule has 4 heteroatoms. The monoisotopic (exact) mass is 185 g/mol. The van der Waals surface area contributed by atoms with Crippen LogP contribution in [0.2, 0.25) is 0 Å². The zero-order chi connectivity index (χ0) is 9.84. The van der Waals surface area contributed by atoms with E-state index in [9.17, 15) is 9.50 Å². The van der Waals surface area contributed by atoms with Crippen LogP contribution in [0.5, 0.6) is 5.75 Å². The van der Waals surface area contributed by atoms with Crippen LogP contribution >= 0.6 is 0 Å². The molecule has 1 aromatic heterocycles. The van der Waals surface area contributed by atoms with E-state index in [-0.39, 0.29) is 5.56 Å². The zero-order valence-electron chi connectivity index (χ0n) is 7.62. The molecule has 1 N–H and O–H groups in total. The number of aliphatic hydroxyl groups is 1. The van der Waals surface area contributed by atoms with Gasteiger partial charge >= 0.3 is 0 Å². The van der Waals surface area contributed by atoms with Crippen LogP contribution in [0, 0.1) is 5.95 Å². The molecule has 72 valence electrons. The van der Waals surface area contributed by atoms with E-state index in [2.05, 4.69) is 4.98 Å². The quantitative estimate of drug-likeness (QED) is 0.728. The van der Waals surface area contributed by atoms with E-state index in [1.165, 1.54) is 19.2 Å². The smallest absolute Gasteiger partial charge is 0.222 e. The number of hydrogen-bond acceptors (Lipinski definition) is 3. The van der Waals surface area contributed by atoms with Crippen LogP contribution in [-0.4, -0.2) is 16.7 Å². The summed E-state index contributed by atoms with van der Waals surface area (Å²) in [7, 11) is 0. The van der Waals surface area contributed by atoms with Gasteiger partial charge in [-0.1, -0.05) is 0 Å². The van der Waals surface area contributed by atoms with Crippen molar-refractivity contribution in [1.82, 2.24) is 4.98 Å². The maximum atomic E-state index is 13.1. The number of aromatic nitrogens is 1. The van der Waals surface area contributed by atoms with E-state index >= 15 is 0 Å². The number of pyridine rings is 1. The molecule has 0 aliphatic carbocycles. The topological polar surface area (TPSA) is 42.4 Å². The van der Waals surface area contributed by atoms with Gasteiger partial charge in [-0.05, 0) is 19.9 Å². The number of halogens is 1. The number of rotatable bonds is 3. The molecule has 1 heterocycles. The van der Waals surface area contributed by atoms with Crippen LogP contribution in [0.4, 0.5) is 4.39 Å². The molecule has 1 atom stereocenters. The van der Waals surface area contributed by atoms with Gasteiger partial charge in [0, 0.05) is 6.20 Å². The fourth-order valence-electron chi connectivity index (χ4n) is 1.09. The third kappa shape index (κ3) is 2.15. The molecule has 0 aromatic carbocycles. The molecule has 1 unspecified atom stereocenters. The Hall–Kier alpha value is -1.16. The summed E-state index contributed by atoms with van der Waals surface area (Å²) in [6, 6.07) is 1.54. The van der Waals surface area contributed by atoms with Crippen LogP contribution in [-0.2, 0) is 0 Å². The number of aliphatic hydroxyl groups excluding tert-OH is 1. The summed E-state index contributed by atoms with van der Waals surface area (Å²) < 4.78 is 18.2. The molecule has 0 bridgehead atoms. The molecule has 0 aliphatic rings. The average molecular weight is 185 g/mol. The summed E-state index contributed by atoms with van der Waals surface area (Å²) in [6.07, 6.45) is 0.405. The van der Waals surface area contributed by atoms with Crippen molar-refractivity contribution in [3.63, 3.8) is 0 Å². The lowest BCUT2D eigenvalue weighted by molar-refractivity contribution is 0.185. The number of ether oxygens (including phenoxy) is 1. The normalized spacial score (nSPS) is 12.6. The van der Waals surface area contributed by atoms with E-state index in [1.807, 2.05) is 0 Å². The highest BCUT2D eigenvalue weighted by molar-refractivity contribution is 5.32. The van der Waals surface area contributed by atoms with E-state index < -0.39 is 12.1 Å². The molecule has 1 rings (SSSR count). The van der Waals surface area contributed by atoms with Gasteiger partial charge in [-0.25, -0.2) is 4.98 Å². The average Bonchev–Trinajstić information content (AvgIpc) is 2.04. The van der Waals surface area contributed by atoms with Crippen LogP contribution in [0.3, 0.4) is 0 Å². The van der Waals surface area contributed by atoms with E-state index in [1.54, 1.807) is 6.92 Å². The maximum Gasteiger partial charge on any atom is 0.222 e. The summed E-state index contributed by atoms with van der Waals surface area (Å²) in [4.78, 5) is 3.44. The molecule has 0 radical (unpaired) electrons. The van der Waals surface area contributed by atoms with Gasteiger partial charge in [0.1, 0.15) is 5.75 Å². The zero-order valence-corrected chi connectivity index (χ0v) is 7.62. The molecular formula is C9H12FNO2. The molecule has 1 aromatic rings. The Kier molecular flexibility index (Phi) is 3.19. The highest BCUT2D eigenvalue weighted by Gasteiger charge is 2.15. The molecule has 0 saturated heterocycles. The summed E-state index contributed by atoms with van der Waals surface area (Å²) in [5.74, 6) is -0.328. The number of hydrogen-bond donors (Lipinski definition) is 1. The predicted molar refractivity (Wildman–Crippen MR) is 46.0 cm³/mol. The Morgan fingerprint density at radius 1 is 1.69 bits per heavy atom. The van der Waals surface area contributed by atoms with Crippen molar-refractivity contribution in [1.29, 1.82) is 0 Å². The maximum absolute atomic E-state index is 13.1. The van der Waals surface area contributed by atoms with Gasteiger partial charge in [-0.2, -0.15) is 4.39 Å². The van der Waals surface area contributed by atoms with Crippen LogP contribution in [0.1, 0.15) is 25.5 Å². The second-order valence-electron chi connectivity index (χ2n) is 2.62. The van der Waals surface area contributed by atoms with Crippen molar-refractivity contribution in [2.24, 2.45) is 0 Å². The van der Waals surface area contributed by atoms with E-state index in [4.69, 9.17) is 4.74 Å². The van der Waals surface area contributed by atoms with E-state index in [0.29, 0.717) is 12.4 Å². The summed E-state index contributed by atoms with van der Waals surface area (Å²) >= 11 is 0. The molecule has 0 saturated carbocycles. The lowest BCUT2D eigenvalue weighted by Gasteiger charge is -2.11. The predicted octanol–water partition coefficient (Wildman–Crippen LogP) is 1.67. The second-order valence-corrected chi connectivity index (χ2v) is 2.62. The van der Waals surface area contributed by atoms with Crippen molar-refractivity contribution in [3.8, 4) is 5.75 Å². The molecule has 0 amide bonds. The second kappa shape index (κ2) is 4.18. The molecular weight excluding hydrogens is 173 g/mol. The number of nitrogens with zero attached hydrogens (tertiary/aromatic N) is 1. The van der Waals surface area contributed by atoms with Gasteiger partial charge in [-0.15, -0.1) is 0 Å². The Morgan fingerprint density at radius 3 is 2.92 bits per heavy atom. The minimum Gasteiger partial charge on any atom is -0.493 e. The first-order chi connectivity index (χ1) is 6.16. The van der Waals surface area contributed by atoms with Gasteiger partial charge in [0.05, 0.1) is 18.3 Å². The van der Waals surface area contributed by atoms with Gasteiger partial charge in [0.25, 0.3) is 0 Å². The van der Waals surface area contributed by atoms with Crippen molar-refractivity contribution in [2.45, 2.75) is 20.0 Å². The minimum absolute atomic E-state index is 0.115. The Morgan fingerprint density at radius 2 is 2.38 bits per heavy atom. The first-order valence-corrected chi connectivity index (χ1v) is 4.12. The first kappa shape index (κ1) is 9.92. The fraction of sp³-hybridized carbons (Fsp3) is 0.444. The van der Waals surface area contributed by atoms with Crippen molar-refractivity contribution in [2.75, 3.05) is 6.61 Å². The molecule has 0 spiro atoms. The summed E-state index contributed by atoms with van der Waals surface area (Å²) in [6.45, 7) is 3.70. The lowest BCUT2D eigenvalue weighted by Crippen LogP contribution is -2.04. The van der Waals surface area contributed by atoms with Crippen molar-refractivity contribution < 1.29 is 14.2 Å². The third-order valence-electron chi connectivity index (χ3n) is 1.62. The van der Waals surface area contributed by atoms with Gasteiger partial charge in [0.2, 0.25) is 5.95 Å². The van der Waals surface area contributed by atoms with Crippen LogP contribution in [0.25, 0.3) is 0 Å². The van der Waals surface area contributed by atoms with E-state index in [0.717, 1.165) is 0 Å². The highest BCUT2D eigenvalue weighted by atomic mass is 19.1. The SMILES string of the molecule is CCOc1ccnc(F)c1C(C)O. The third-order valence-corrected chi connectivity index (χ3v) is 1.62. The Balaban J connectivity index is 3.10. The van der Waals surface area contributed by atoms with Gasteiger partial charge < -0.3 is 9.84 Å². The van der Waals surface area contributed by atoms with Crippen molar-refractivity contribution >= 4 is 0 Å².